The topological polar surface area (TPSA) is 38.9 Å². The van der Waals surface area contributed by atoms with Gasteiger partial charge in [-0.25, -0.2) is 0 Å². The molecule has 1 aliphatic carbocycles. The molecule has 0 amide bonds. The Morgan fingerprint density at radius 1 is 1.33 bits per heavy atom. The van der Waals surface area contributed by atoms with Gasteiger partial charge in [-0.2, -0.15) is 0 Å². The van der Waals surface area contributed by atoms with Crippen molar-refractivity contribution in [3.8, 4) is 0 Å². The first-order valence-electron chi connectivity index (χ1n) is 5.87. The van der Waals surface area contributed by atoms with Gasteiger partial charge in [0.05, 0.1) is 0 Å². The van der Waals surface area contributed by atoms with Crippen LogP contribution in [0.4, 0.5) is 0 Å². The van der Waals surface area contributed by atoms with Crippen molar-refractivity contribution in [3.05, 3.63) is 29.6 Å². The number of aromatic nitrogens is 1. The van der Waals surface area contributed by atoms with Crippen LogP contribution in [0.25, 0.3) is 0 Å². The summed E-state index contributed by atoms with van der Waals surface area (Å²) in [6.07, 6.45) is 8.61. The Balaban J connectivity index is 2.42. The van der Waals surface area contributed by atoms with Gasteiger partial charge in [-0.15, -0.1) is 0 Å². The molecule has 1 aromatic heterocycles. The second kappa shape index (κ2) is 3.93. The molecule has 2 N–H and O–H groups in total. The van der Waals surface area contributed by atoms with E-state index in [0.717, 1.165) is 12.8 Å². The molecule has 0 atom stereocenters. The summed E-state index contributed by atoms with van der Waals surface area (Å²) < 4.78 is 0. The Kier molecular flexibility index (Phi) is 2.79. The third-order valence-corrected chi connectivity index (χ3v) is 3.51. The Labute approximate surface area is 91.9 Å². The predicted molar refractivity (Wildman–Crippen MR) is 62.7 cm³/mol. The predicted octanol–water partition coefficient (Wildman–Crippen LogP) is 2.93. The monoisotopic (exact) mass is 204 g/mol. The molecule has 82 valence electrons. The van der Waals surface area contributed by atoms with Crippen molar-refractivity contribution < 1.29 is 0 Å². The van der Waals surface area contributed by atoms with Gasteiger partial charge >= 0.3 is 0 Å². The van der Waals surface area contributed by atoms with E-state index in [1.165, 1.54) is 24.0 Å². The zero-order chi connectivity index (χ0) is 10.9. The van der Waals surface area contributed by atoms with Crippen LogP contribution in [-0.4, -0.2) is 4.98 Å². The minimum atomic E-state index is -0.0808. The van der Waals surface area contributed by atoms with Crippen LogP contribution in [0.3, 0.4) is 0 Å². The highest BCUT2D eigenvalue weighted by Gasteiger charge is 2.33. The number of rotatable bonds is 2. The minimum absolute atomic E-state index is 0.0808. The van der Waals surface area contributed by atoms with Gasteiger partial charge in [0.15, 0.2) is 0 Å². The van der Waals surface area contributed by atoms with Crippen molar-refractivity contribution in [2.75, 3.05) is 0 Å². The molecule has 0 aromatic carbocycles. The first-order chi connectivity index (χ1) is 7.13. The van der Waals surface area contributed by atoms with Crippen molar-refractivity contribution >= 4 is 0 Å². The standard InChI is InChI=1S/C13H20N2/c1-10(2)11-9-15-8-5-12(11)13(14)6-3-4-7-13/h5,8-10H,3-4,6-7,14H2,1-2H3. The average molecular weight is 204 g/mol. The summed E-state index contributed by atoms with van der Waals surface area (Å²) in [5, 5.41) is 0. The highest BCUT2D eigenvalue weighted by Crippen LogP contribution is 2.39. The first-order valence-corrected chi connectivity index (χ1v) is 5.87. The van der Waals surface area contributed by atoms with Crippen molar-refractivity contribution in [1.29, 1.82) is 0 Å². The number of nitrogens with two attached hydrogens (primary N) is 1. The zero-order valence-corrected chi connectivity index (χ0v) is 9.66. The fourth-order valence-electron chi connectivity index (χ4n) is 2.60. The van der Waals surface area contributed by atoms with Gasteiger partial charge in [-0.1, -0.05) is 26.7 Å². The van der Waals surface area contributed by atoms with Gasteiger partial charge in [-0.3, -0.25) is 4.98 Å². The molecule has 15 heavy (non-hydrogen) atoms. The molecule has 1 aliphatic rings. The molecular formula is C13H20N2. The molecule has 2 heteroatoms. The lowest BCUT2D eigenvalue weighted by Crippen LogP contribution is -2.34. The third-order valence-electron chi connectivity index (χ3n) is 3.51. The molecule has 2 rings (SSSR count). The summed E-state index contributed by atoms with van der Waals surface area (Å²) in [7, 11) is 0. The van der Waals surface area contributed by atoms with Crippen molar-refractivity contribution in [1.82, 2.24) is 4.98 Å². The maximum absolute atomic E-state index is 6.49. The first kappa shape index (κ1) is 10.6. The normalized spacial score (nSPS) is 19.7. The lowest BCUT2D eigenvalue weighted by molar-refractivity contribution is 0.454. The molecule has 2 nitrogen and oxygen atoms in total. The number of hydrogen-bond donors (Lipinski definition) is 1. The van der Waals surface area contributed by atoms with Crippen LogP contribution in [0.15, 0.2) is 18.5 Å². The molecule has 0 aliphatic heterocycles. The third kappa shape index (κ3) is 1.91. The fourth-order valence-corrected chi connectivity index (χ4v) is 2.60. The molecule has 0 unspecified atom stereocenters. The fraction of sp³-hybridized carbons (Fsp3) is 0.615. The van der Waals surface area contributed by atoms with Gasteiger partial charge in [0.2, 0.25) is 0 Å². The van der Waals surface area contributed by atoms with E-state index in [1.807, 2.05) is 12.4 Å². The Morgan fingerprint density at radius 2 is 2.00 bits per heavy atom. The van der Waals surface area contributed by atoms with Crippen LogP contribution >= 0.6 is 0 Å². The SMILES string of the molecule is CC(C)c1cnccc1C1(N)CCCC1. The Bertz CT molecular complexity index is 338. The van der Waals surface area contributed by atoms with E-state index in [0.29, 0.717) is 5.92 Å². The van der Waals surface area contributed by atoms with Crippen molar-refractivity contribution in [3.63, 3.8) is 0 Å². The molecule has 0 spiro atoms. The van der Waals surface area contributed by atoms with Crippen LogP contribution in [0.2, 0.25) is 0 Å². The van der Waals surface area contributed by atoms with E-state index in [4.69, 9.17) is 5.73 Å². The molecule has 0 bridgehead atoms. The summed E-state index contributed by atoms with van der Waals surface area (Å²) in [5.41, 5.74) is 9.06. The molecule has 1 aromatic rings. The van der Waals surface area contributed by atoms with Crippen LogP contribution in [-0.2, 0) is 5.54 Å². The van der Waals surface area contributed by atoms with Crippen LogP contribution in [0.5, 0.6) is 0 Å². The molecule has 1 saturated carbocycles. The Morgan fingerprint density at radius 3 is 2.60 bits per heavy atom. The van der Waals surface area contributed by atoms with Gasteiger partial charge in [-0.05, 0) is 36.0 Å². The quantitative estimate of drug-likeness (QED) is 0.804. The summed E-state index contributed by atoms with van der Waals surface area (Å²) >= 11 is 0. The second-order valence-electron chi connectivity index (χ2n) is 4.98. The van der Waals surface area contributed by atoms with Gasteiger partial charge in [0, 0.05) is 17.9 Å². The van der Waals surface area contributed by atoms with E-state index in [9.17, 15) is 0 Å². The van der Waals surface area contributed by atoms with Gasteiger partial charge in [0.1, 0.15) is 0 Å². The number of pyridine rings is 1. The summed E-state index contributed by atoms with van der Waals surface area (Å²) in [5.74, 6) is 0.509. The van der Waals surface area contributed by atoms with Crippen LogP contribution in [0.1, 0.15) is 56.6 Å². The van der Waals surface area contributed by atoms with Gasteiger partial charge in [0.25, 0.3) is 0 Å². The maximum Gasteiger partial charge on any atom is 0.0413 e. The van der Waals surface area contributed by atoms with Crippen LogP contribution in [0, 0.1) is 0 Å². The molecule has 1 fully saturated rings. The van der Waals surface area contributed by atoms with E-state index >= 15 is 0 Å². The lowest BCUT2D eigenvalue weighted by atomic mass is 9.84. The molecule has 1 heterocycles. The van der Waals surface area contributed by atoms with Crippen molar-refractivity contribution in [2.45, 2.75) is 51.0 Å². The van der Waals surface area contributed by atoms with Gasteiger partial charge < -0.3 is 5.73 Å². The lowest BCUT2D eigenvalue weighted by Gasteiger charge is -2.27. The summed E-state index contributed by atoms with van der Waals surface area (Å²) in [6.45, 7) is 4.41. The highest BCUT2D eigenvalue weighted by molar-refractivity contribution is 5.33. The molecular weight excluding hydrogens is 184 g/mol. The Hall–Kier alpha value is -0.890. The number of nitrogens with zero attached hydrogens (tertiary/aromatic N) is 1. The molecule has 0 saturated heterocycles. The zero-order valence-electron chi connectivity index (χ0n) is 9.66. The molecule has 0 radical (unpaired) electrons. The van der Waals surface area contributed by atoms with E-state index < -0.39 is 0 Å². The minimum Gasteiger partial charge on any atom is -0.321 e. The van der Waals surface area contributed by atoms with E-state index in [-0.39, 0.29) is 5.54 Å². The average Bonchev–Trinajstić information content (AvgIpc) is 2.66. The van der Waals surface area contributed by atoms with E-state index in [1.54, 1.807) is 0 Å². The maximum atomic E-state index is 6.49. The second-order valence-corrected chi connectivity index (χ2v) is 4.98. The van der Waals surface area contributed by atoms with Crippen molar-refractivity contribution in [2.24, 2.45) is 5.73 Å². The van der Waals surface area contributed by atoms with Crippen LogP contribution < -0.4 is 5.73 Å². The largest absolute Gasteiger partial charge is 0.321 e. The van der Waals surface area contributed by atoms with E-state index in [2.05, 4.69) is 24.9 Å². The number of hydrogen-bond acceptors (Lipinski definition) is 2. The summed E-state index contributed by atoms with van der Waals surface area (Å²) in [4.78, 5) is 4.21. The summed E-state index contributed by atoms with van der Waals surface area (Å²) in [6, 6.07) is 2.11. The highest BCUT2D eigenvalue weighted by atomic mass is 14.8. The smallest absolute Gasteiger partial charge is 0.0413 e.